The van der Waals surface area contributed by atoms with E-state index in [1.165, 1.54) is 36.4 Å². The Morgan fingerprint density at radius 1 is 1.12 bits per heavy atom. The summed E-state index contributed by atoms with van der Waals surface area (Å²) < 4.78 is 37.5. The first-order valence-electron chi connectivity index (χ1n) is 9.90. The summed E-state index contributed by atoms with van der Waals surface area (Å²) in [6.07, 6.45) is 8.30. The van der Waals surface area contributed by atoms with Crippen molar-refractivity contribution < 1.29 is 17.3 Å². The zero-order chi connectivity index (χ0) is 18.3. The minimum Gasteiger partial charge on any atom is -0.379 e. The van der Waals surface area contributed by atoms with Crippen LogP contribution >= 0.6 is 0 Å². The maximum Gasteiger partial charge on any atom is 0.338 e. The summed E-state index contributed by atoms with van der Waals surface area (Å²) in [5.74, 6) is 1.11. The standard InChI is InChI=1S/C18H36N2O4S/c1-15(2)8-9-18(17(19)14-16-6-4-3-5-7-16)24-25(21,22)20-10-12-23-13-11-20/h15-18H,3-14,19H2,1-2H3/t17-,18-/m0/s1. The molecule has 0 spiro atoms. The van der Waals surface area contributed by atoms with E-state index in [4.69, 9.17) is 14.7 Å². The van der Waals surface area contributed by atoms with Gasteiger partial charge in [0.15, 0.2) is 0 Å². The lowest BCUT2D eigenvalue weighted by atomic mass is 9.83. The van der Waals surface area contributed by atoms with Gasteiger partial charge in [-0.2, -0.15) is 12.7 Å². The Balaban J connectivity index is 1.97. The van der Waals surface area contributed by atoms with Gasteiger partial charge in [-0.25, -0.2) is 0 Å². The first-order chi connectivity index (χ1) is 11.9. The molecule has 0 bridgehead atoms. The van der Waals surface area contributed by atoms with Crippen molar-refractivity contribution in [1.29, 1.82) is 0 Å². The molecule has 1 aliphatic heterocycles. The van der Waals surface area contributed by atoms with Gasteiger partial charge in [0.2, 0.25) is 0 Å². The van der Waals surface area contributed by atoms with E-state index >= 15 is 0 Å². The summed E-state index contributed by atoms with van der Waals surface area (Å²) in [4.78, 5) is 0. The number of hydrogen-bond donors (Lipinski definition) is 1. The van der Waals surface area contributed by atoms with Gasteiger partial charge in [0.1, 0.15) is 0 Å². The Bertz CT molecular complexity index is 471. The Morgan fingerprint density at radius 3 is 2.36 bits per heavy atom. The fraction of sp³-hybridized carbons (Fsp3) is 1.00. The second kappa shape index (κ2) is 10.2. The van der Waals surface area contributed by atoms with Crippen molar-refractivity contribution in [1.82, 2.24) is 4.31 Å². The maximum atomic E-state index is 12.6. The molecule has 148 valence electrons. The van der Waals surface area contributed by atoms with Crippen LogP contribution in [-0.2, 0) is 19.2 Å². The van der Waals surface area contributed by atoms with Gasteiger partial charge in [-0.05, 0) is 31.1 Å². The largest absolute Gasteiger partial charge is 0.379 e. The second-order valence-electron chi connectivity index (χ2n) is 7.98. The zero-order valence-electron chi connectivity index (χ0n) is 15.9. The van der Waals surface area contributed by atoms with Crippen molar-refractivity contribution in [3.05, 3.63) is 0 Å². The first kappa shape index (κ1) is 21.1. The Kier molecular flexibility index (Phi) is 8.61. The van der Waals surface area contributed by atoms with E-state index < -0.39 is 16.4 Å². The lowest BCUT2D eigenvalue weighted by Crippen LogP contribution is -2.46. The average molecular weight is 377 g/mol. The molecule has 2 fully saturated rings. The summed E-state index contributed by atoms with van der Waals surface area (Å²) in [7, 11) is -3.74. The predicted molar refractivity (Wildman–Crippen MR) is 99.4 cm³/mol. The summed E-state index contributed by atoms with van der Waals surface area (Å²) in [5, 5.41) is 0. The van der Waals surface area contributed by atoms with Crippen molar-refractivity contribution in [3.8, 4) is 0 Å². The van der Waals surface area contributed by atoms with Crippen LogP contribution in [0.2, 0.25) is 0 Å². The van der Waals surface area contributed by atoms with E-state index in [-0.39, 0.29) is 6.04 Å². The molecule has 1 saturated carbocycles. The molecule has 7 heteroatoms. The summed E-state index contributed by atoms with van der Waals surface area (Å²) in [5.41, 5.74) is 6.44. The average Bonchev–Trinajstić information content (AvgIpc) is 2.60. The third-order valence-corrected chi connectivity index (χ3v) is 6.86. The molecule has 2 atom stereocenters. The van der Waals surface area contributed by atoms with E-state index in [1.54, 1.807) is 0 Å². The van der Waals surface area contributed by atoms with Gasteiger partial charge in [0.05, 0.1) is 19.3 Å². The van der Waals surface area contributed by atoms with Crippen molar-refractivity contribution in [2.45, 2.75) is 77.4 Å². The highest BCUT2D eigenvalue weighted by Gasteiger charge is 2.32. The van der Waals surface area contributed by atoms with Crippen molar-refractivity contribution >= 4 is 10.3 Å². The van der Waals surface area contributed by atoms with Gasteiger partial charge in [0.25, 0.3) is 0 Å². The first-order valence-corrected chi connectivity index (χ1v) is 11.3. The number of rotatable bonds is 9. The molecule has 0 amide bonds. The zero-order valence-corrected chi connectivity index (χ0v) is 16.7. The van der Waals surface area contributed by atoms with Gasteiger partial charge in [0, 0.05) is 19.1 Å². The minimum atomic E-state index is -3.74. The molecular formula is C18H36N2O4S. The molecule has 25 heavy (non-hydrogen) atoms. The molecule has 6 nitrogen and oxygen atoms in total. The lowest BCUT2D eigenvalue weighted by Gasteiger charge is -2.32. The normalized spacial score (nSPS) is 23.7. The monoisotopic (exact) mass is 376 g/mol. The van der Waals surface area contributed by atoms with Crippen molar-refractivity contribution in [3.63, 3.8) is 0 Å². The van der Waals surface area contributed by atoms with Gasteiger partial charge in [-0.15, -0.1) is 0 Å². The second-order valence-corrected chi connectivity index (χ2v) is 9.54. The highest BCUT2D eigenvalue weighted by Crippen LogP contribution is 2.29. The number of nitrogens with two attached hydrogens (primary N) is 1. The third kappa shape index (κ3) is 7.13. The molecular weight excluding hydrogens is 340 g/mol. The molecule has 2 rings (SSSR count). The van der Waals surface area contributed by atoms with E-state index in [1.807, 2.05) is 0 Å². The predicted octanol–water partition coefficient (Wildman–Crippen LogP) is 2.68. The highest BCUT2D eigenvalue weighted by atomic mass is 32.2. The van der Waals surface area contributed by atoms with Crippen LogP contribution in [0, 0.1) is 11.8 Å². The Morgan fingerprint density at radius 2 is 1.76 bits per heavy atom. The van der Waals surface area contributed by atoms with Crippen LogP contribution < -0.4 is 5.73 Å². The third-order valence-electron chi connectivity index (χ3n) is 5.37. The van der Waals surface area contributed by atoms with Gasteiger partial charge >= 0.3 is 10.3 Å². The van der Waals surface area contributed by atoms with E-state index in [2.05, 4.69) is 13.8 Å². The molecule has 0 unspecified atom stereocenters. The maximum absolute atomic E-state index is 12.6. The van der Waals surface area contributed by atoms with Crippen LogP contribution in [0.4, 0.5) is 0 Å². The van der Waals surface area contributed by atoms with Crippen LogP contribution in [0.3, 0.4) is 0 Å². The SMILES string of the molecule is CC(C)CC[C@H](OS(=O)(=O)N1CCOCC1)[C@@H](N)CC1CCCCC1. The van der Waals surface area contributed by atoms with Crippen LogP contribution in [0.5, 0.6) is 0 Å². The van der Waals surface area contributed by atoms with Crippen LogP contribution in [0.15, 0.2) is 0 Å². The smallest absolute Gasteiger partial charge is 0.338 e. The van der Waals surface area contributed by atoms with Crippen molar-refractivity contribution in [2.24, 2.45) is 17.6 Å². The lowest BCUT2D eigenvalue weighted by molar-refractivity contribution is 0.0586. The summed E-state index contributed by atoms with van der Waals surface area (Å²) in [6, 6.07) is -0.224. The number of morpholine rings is 1. The van der Waals surface area contributed by atoms with Gasteiger partial charge in [-0.1, -0.05) is 46.0 Å². The topological polar surface area (TPSA) is 81.9 Å². The quantitative estimate of drug-likeness (QED) is 0.669. The van der Waals surface area contributed by atoms with Crippen molar-refractivity contribution in [2.75, 3.05) is 26.3 Å². The summed E-state index contributed by atoms with van der Waals surface area (Å²) in [6.45, 7) is 5.84. The molecule has 1 aliphatic carbocycles. The molecule has 0 aromatic heterocycles. The van der Waals surface area contributed by atoms with Gasteiger partial charge in [-0.3, -0.25) is 4.18 Å². The highest BCUT2D eigenvalue weighted by molar-refractivity contribution is 7.84. The van der Waals surface area contributed by atoms with Crippen LogP contribution in [0.1, 0.15) is 65.2 Å². The summed E-state index contributed by atoms with van der Waals surface area (Å²) >= 11 is 0. The molecule has 1 heterocycles. The fourth-order valence-electron chi connectivity index (χ4n) is 3.78. The molecule has 2 N–H and O–H groups in total. The molecule has 1 saturated heterocycles. The Labute approximate surface area is 153 Å². The van der Waals surface area contributed by atoms with Crippen LogP contribution in [0.25, 0.3) is 0 Å². The number of hydrogen-bond acceptors (Lipinski definition) is 5. The minimum absolute atomic E-state index is 0.224. The van der Waals surface area contributed by atoms with E-state index in [9.17, 15) is 8.42 Å². The van der Waals surface area contributed by atoms with E-state index in [0.29, 0.717) is 44.6 Å². The molecule has 2 aliphatic rings. The van der Waals surface area contributed by atoms with Crippen LogP contribution in [-0.4, -0.2) is 51.2 Å². The van der Waals surface area contributed by atoms with Gasteiger partial charge < -0.3 is 10.5 Å². The molecule has 0 aromatic rings. The number of nitrogens with zero attached hydrogens (tertiary/aromatic N) is 1. The fourth-order valence-corrected chi connectivity index (χ4v) is 5.05. The molecule has 0 aromatic carbocycles. The Hall–Kier alpha value is -0.210. The van der Waals surface area contributed by atoms with E-state index in [0.717, 1.165) is 12.8 Å². The molecule has 0 radical (unpaired) electrons. The number of ether oxygens (including phenoxy) is 1.